The largest absolute Gasteiger partial charge is 0.461 e. The normalized spacial score (nSPS) is 13.7. The van der Waals surface area contributed by atoms with E-state index < -0.39 is 5.97 Å². The summed E-state index contributed by atoms with van der Waals surface area (Å²) in [6.45, 7) is 1.93. The second-order valence-corrected chi connectivity index (χ2v) is 7.51. The van der Waals surface area contributed by atoms with Crippen molar-refractivity contribution < 1.29 is 18.8 Å². The number of ether oxygens (including phenoxy) is 1. The summed E-state index contributed by atoms with van der Waals surface area (Å²) >= 11 is 5.14. The van der Waals surface area contributed by atoms with E-state index in [0.717, 1.165) is 22.9 Å². The van der Waals surface area contributed by atoms with Crippen molar-refractivity contribution >= 4 is 39.4 Å². The molecular formula is C18H18BrNO4S. The first kappa shape index (κ1) is 18.2. The van der Waals surface area contributed by atoms with E-state index in [4.69, 9.17) is 9.26 Å². The molecule has 0 N–H and O–H groups in total. The van der Waals surface area contributed by atoms with Crippen LogP contribution in [0.2, 0.25) is 0 Å². The van der Waals surface area contributed by atoms with Gasteiger partial charge in [0.15, 0.2) is 11.5 Å². The number of esters is 1. The Morgan fingerprint density at radius 2 is 2.16 bits per heavy atom. The first-order valence-corrected chi connectivity index (χ1v) is 10.2. The van der Waals surface area contributed by atoms with Crippen LogP contribution in [0.4, 0.5) is 0 Å². The molecular weight excluding hydrogens is 406 g/mol. The molecule has 0 saturated heterocycles. The number of hydrogen-bond donors (Lipinski definition) is 0. The highest BCUT2D eigenvalue weighted by molar-refractivity contribution is 9.10. The van der Waals surface area contributed by atoms with E-state index in [0.29, 0.717) is 17.1 Å². The van der Waals surface area contributed by atoms with Gasteiger partial charge in [-0.3, -0.25) is 4.79 Å². The maximum absolute atomic E-state index is 13.3. The lowest BCUT2D eigenvalue weighted by molar-refractivity contribution is 0.0512. The molecule has 0 spiro atoms. The molecule has 2 aromatic rings. The highest BCUT2D eigenvalue weighted by Crippen LogP contribution is 2.43. The summed E-state index contributed by atoms with van der Waals surface area (Å²) in [5, 5.41) is 3.85. The van der Waals surface area contributed by atoms with Crippen LogP contribution in [-0.4, -0.2) is 29.8 Å². The van der Waals surface area contributed by atoms with Gasteiger partial charge in [-0.2, -0.15) is 11.8 Å². The first-order chi connectivity index (χ1) is 12.1. The van der Waals surface area contributed by atoms with Crippen LogP contribution in [0.15, 0.2) is 27.2 Å². The van der Waals surface area contributed by atoms with Gasteiger partial charge in [0.05, 0.1) is 6.61 Å². The molecule has 1 fully saturated rings. The van der Waals surface area contributed by atoms with Crippen LogP contribution in [0.3, 0.4) is 0 Å². The lowest BCUT2D eigenvalue weighted by Gasteiger charge is -2.10. The Kier molecular flexibility index (Phi) is 5.64. The average Bonchev–Trinajstić information content (AvgIpc) is 3.34. The number of halogens is 1. The van der Waals surface area contributed by atoms with Crippen molar-refractivity contribution in [1.82, 2.24) is 5.16 Å². The van der Waals surface area contributed by atoms with Gasteiger partial charge in [0.1, 0.15) is 5.56 Å². The third-order valence-corrected chi connectivity index (χ3v) is 5.33. The van der Waals surface area contributed by atoms with E-state index in [9.17, 15) is 9.59 Å². The van der Waals surface area contributed by atoms with E-state index in [1.165, 1.54) is 0 Å². The Morgan fingerprint density at radius 1 is 1.40 bits per heavy atom. The van der Waals surface area contributed by atoms with Crippen molar-refractivity contribution in [2.75, 3.05) is 12.9 Å². The monoisotopic (exact) mass is 423 g/mol. The van der Waals surface area contributed by atoms with Crippen molar-refractivity contribution in [1.29, 1.82) is 0 Å². The van der Waals surface area contributed by atoms with Gasteiger partial charge in [0, 0.05) is 21.7 Å². The van der Waals surface area contributed by atoms with Gasteiger partial charge in [-0.05, 0) is 37.7 Å². The number of benzene rings is 1. The second-order valence-electron chi connectivity index (χ2n) is 5.79. The number of rotatable bonds is 7. The van der Waals surface area contributed by atoms with E-state index in [-0.39, 0.29) is 29.6 Å². The number of aromatic nitrogens is 1. The molecule has 0 radical (unpaired) electrons. The number of thioether (sulfide) groups is 1. The van der Waals surface area contributed by atoms with Crippen LogP contribution < -0.4 is 0 Å². The summed E-state index contributed by atoms with van der Waals surface area (Å²) in [5.74, 6) is 0.481. The zero-order valence-electron chi connectivity index (χ0n) is 14.0. The fourth-order valence-corrected chi connectivity index (χ4v) is 3.97. The molecule has 1 saturated carbocycles. The third kappa shape index (κ3) is 3.67. The maximum atomic E-state index is 13.3. The van der Waals surface area contributed by atoms with E-state index in [1.807, 2.05) is 18.4 Å². The highest BCUT2D eigenvalue weighted by Gasteiger charge is 2.38. The molecule has 0 atom stereocenters. The van der Waals surface area contributed by atoms with Crippen LogP contribution in [-0.2, 0) is 10.5 Å². The molecule has 132 valence electrons. The minimum atomic E-state index is -0.622. The van der Waals surface area contributed by atoms with Crippen LogP contribution >= 0.6 is 27.7 Å². The summed E-state index contributed by atoms with van der Waals surface area (Å²) < 4.78 is 11.3. The van der Waals surface area contributed by atoms with Crippen LogP contribution in [0.5, 0.6) is 0 Å². The van der Waals surface area contributed by atoms with Gasteiger partial charge in [0.2, 0.25) is 5.69 Å². The molecule has 1 aliphatic rings. The summed E-state index contributed by atoms with van der Waals surface area (Å²) in [4.78, 5) is 25.5. The smallest absolute Gasteiger partial charge is 0.361 e. The van der Waals surface area contributed by atoms with Gasteiger partial charge in [-0.15, -0.1) is 0 Å². The van der Waals surface area contributed by atoms with Crippen molar-refractivity contribution in [3.63, 3.8) is 0 Å². The molecule has 25 heavy (non-hydrogen) atoms. The standard InChI is InChI=1S/C18H18BrNO4S/c1-3-23-18(22)15-14(17(24-20-15)10-7-8-10)16(21)11-5-4-6-13(19)12(11)9-25-2/h4-6,10H,3,7-9H2,1-2H3. The van der Waals surface area contributed by atoms with E-state index in [1.54, 1.807) is 24.8 Å². The highest BCUT2D eigenvalue weighted by atomic mass is 79.9. The Bertz CT molecular complexity index is 813. The quantitative estimate of drug-likeness (QED) is 0.479. The lowest BCUT2D eigenvalue weighted by Crippen LogP contribution is -2.14. The number of ketones is 1. The van der Waals surface area contributed by atoms with Crippen LogP contribution in [0, 0.1) is 0 Å². The Balaban J connectivity index is 2.09. The van der Waals surface area contributed by atoms with E-state index in [2.05, 4.69) is 21.1 Å². The molecule has 1 aromatic carbocycles. The van der Waals surface area contributed by atoms with Gasteiger partial charge in [-0.25, -0.2) is 4.79 Å². The molecule has 0 amide bonds. The lowest BCUT2D eigenvalue weighted by atomic mass is 9.96. The summed E-state index contributed by atoms with van der Waals surface area (Å²) in [5.41, 5.74) is 1.68. The third-order valence-electron chi connectivity index (χ3n) is 4.01. The topological polar surface area (TPSA) is 69.4 Å². The molecule has 1 aliphatic carbocycles. The predicted octanol–water partition coefficient (Wildman–Crippen LogP) is 4.59. The van der Waals surface area contributed by atoms with Crippen LogP contribution in [0.25, 0.3) is 0 Å². The fourth-order valence-electron chi connectivity index (χ4n) is 2.68. The number of nitrogens with zero attached hydrogens (tertiary/aromatic N) is 1. The molecule has 0 aliphatic heterocycles. The number of carbonyl (C=O) groups is 2. The molecule has 1 heterocycles. The SMILES string of the molecule is CCOC(=O)c1noc(C2CC2)c1C(=O)c1cccc(Br)c1CSC. The van der Waals surface area contributed by atoms with Gasteiger partial charge >= 0.3 is 5.97 Å². The van der Waals surface area contributed by atoms with Crippen molar-refractivity contribution in [3.05, 3.63) is 50.8 Å². The number of carbonyl (C=O) groups excluding carboxylic acids is 2. The van der Waals surface area contributed by atoms with Gasteiger partial charge < -0.3 is 9.26 Å². The van der Waals surface area contributed by atoms with Crippen molar-refractivity contribution in [2.24, 2.45) is 0 Å². The molecule has 5 nitrogen and oxygen atoms in total. The summed E-state index contributed by atoms with van der Waals surface area (Å²) in [6, 6.07) is 5.50. The maximum Gasteiger partial charge on any atom is 0.361 e. The van der Waals surface area contributed by atoms with Crippen LogP contribution in [0.1, 0.15) is 63.4 Å². The summed E-state index contributed by atoms with van der Waals surface area (Å²) in [6.07, 6.45) is 3.86. The van der Waals surface area contributed by atoms with E-state index >= 15 is 0 Å². The second kappa shape index (κ2) is 7.74. The van der Waals surface area contributed by atoms with Crippen molar-refractivity contribution in [3.8, 4) is 0 Å². The zero-order chi connectivity index (χ0) is 18.0. The minimum absolute atomic E-state index is 0.0242. The number of hydrogen-bond acceptors (Lipinski definition) is 6. The zero-order valence-corrected chi connectivity index (χ0v) is 16.4. The Hall–Kier alpha value is -1.60. The molecule has 0 bridgehead atoms. The average molecular weight is 424 g/mol. The molecule has 3 rings (SSSR count). The molecule has 1 aromatic heterocycles. The van der Waals surface area contributed by atoms with Gasteiger partial charge in [0.25, 0.3) is 0 Å². The predicted molar refractivity (Wildman–Crippen MR) is 99.2 cm³/mol. The molecule has 7 heteroatoms. The minimum Gasteiger partial charge on any atom is -0.461 e. The molecule has 0 unspecified atom stereocenters. The van der Waals surface area contributed by atoms with Crippen molar-refractivity contribution in [2.45, 2.75) is 31.4 Å². The first-order valence-electron chi connectivity index (χ1n) is 8.06. The van der Waals surface area contributed by atoms with Gasteiger partial charge in [-0.1, -0.05) is 33.2 Å². The Morgan fingerprint density at radius 3 is 2.80 bits per heavy atom. The Labute approximate surface area is 158 Å². The fraction of sp³-hybridized carbons (Fsp3) is 0.389. The summed E-state index contributed by atoms with van der Waals surface area (Å²) in [7, 11) is 0.